The highest BCUT2D eigenvalue weighted by Crippen LogP contribution is 2.58. The van der Waals surface area contributed by atoms with Crippen molar-refractivity contribution in [3.63, 3.8) is 0 Å². The first-order chi connectivity index (χ1) is 12.7. The summed E-state index contributed by atoms with van der Waals surface area (Å²) in [4.78, 5) is 10.8. The molecule has 16 heteroatoms. The summed E-state index contributed by atoms with van der Waals surface area (Å²) in [6.07, 6.45) is -12.3. The van der Waals surface area contributed by atoms with Crippen LogP contribution < -0.4 is 4.74 Å². The molecule has 1 rings (SSSR count). The lowest BCUT2D eigenvalue weighted by Crippen LogP contribution is -2.68. The molecule has 0 heterocycles. The summed E-state index contributed by atoms with van der Waals surface area (Å²) >= 11 is 10.4. The number of hydrogen-bond donors (Lipinski definition) is 0. The van der Waals surface area contributed by atoms with Gasteiger partial charge in [0.1, 0.15) is 5.75 Å². The van der Waals surface area contributed by atoms with E-state index in [1.807, 2.05) is 0 Å². The number of halogens is 14. The van der Waals surface area contributed by atoms with E-state index in [0.29, 0.717) is 18.2 Å². The Morgan fingerprint density at radius 1 is 0.862 bits per heavy atom. The lowest BCUT2D eigenvalue weighted by molar-refractivity contribution is -0.432. The maximum absolute atomic E-state index is 13.6. The first-order valence-corrected chi connectivity index (χ1v) is 7.35. The predicted octanol–water partition coefficient (Wildman–Crippen LogP) is 6.50. The zero-order valence-electron chi connectivity index (χ0n) is 12.9. The molecule has 1 unspecified atom stereocenters. The fourth-order valence-electron chi connectivity index (χ4n) is 1.63. The third-order valence-electron chi connectivity index (χ3n) is 3.24. The second-order valence-electron chi connectivity index (χ2n) is 5.20. The summed E-state index contributed by atoms with van der Waals surface area (Å²) in [6.45, 7) is 0. The summed E-state index contributed by atoms with van der Waals surface area (Å²) in [5.74, 6) is -31.2. The largest absolute Gasteiger partial charge is 0.460 e. The van der Waals surface area contributed by atoms with Crippen molar-refractivity contribution >= 4 is 28.4 Å². The molecule has 0 fully saturated rings. The number of hydrogen-bond acceptors (Lipinski definition) is 2. The van der Waals surface area contributed by atoms with Crippen LogP contribution in [-0.2, 0) is 0 Å². The minimum absolute atomic E-state index is 0.390. The molecule has 0 aliphatic rings. The highest BCUT2D eigenvalue weighted by molar-refractivity contribution is 6.67. The molecule has 0 bridgehead atoms. The van der Waals surface area contributed by atoms with Gasteiger partial charge in [-0.1, -0.05) is 11.6 Å². The van der Waals surface area contributed by atoms with Crippen LogP contribution in [0, 0.1) is 0 Å². The van der Waals surface area contributed by atoms with Crippen molar-refractivity contribution in [2.24, 2.45) is 0 Å². The molecule has 0 radical (unpaired) electrons. The van der Waals surface area contributed by atoms with E-state index >= 15 is 0 Å². The lowest BCUT2D eigenvalue weighted by Gasteiger charge is -2.37. The van der Waals surface area contributed by atoms with Crippen LogP contribution in [0.1, 0.15) is 10.4 Å². The van der Waals surface area contributed by atoms with Gasteiger partial charge in [-0.05, 0) is 29.8 Å². The third-order valence-corrected chi connectivity index (χ3v) is 3.75. The summed E-state index contributed by atoms with van der Waals surface area (Å²) < 4.78 is 158. The van der Waals surface area contributed by atoms with Gasteiger partial charge in [0, 0.05) is 5.56 Å². The lowest BCUT2D eigenvalue weighted by atomic mass is 9.98. The molecule has 166 valence electrons. The average molecular weight is 491 g/mol. The molecule has 29 heavy (non-hydrogen) atoms. The minimum atomic E-state index is -7.78. The summed E-state index contributed by atoms with van der Waals surface area (Å²) in [7, 11) is 0. The number of carbonyl (C=O) groups excluding carboxylic acids is 1. The molecule has 0 spiro atoms. The van der Waals surface area contributed by atoms with Crippen molar-refractivity contribution in [3.05, 3.63) is 28.8 Å². The van der Waals surface area contributed by atoms with Gasteiger partial charge in [0.05, 0.1) is 5.02 Å². The van der Waals surface area contributed by atoms with Crippen molar-refractivity contribution in [2.75, 3.05) is 0 Å². The van der Waals surface area contributed by atoms with E-state index in [0.717, 1.165) is 0 Å². The molecule has 1 aromatic rings. The monoisotopic (exact) mass is 490 g/mol. The number of ether oxygens (including phenoxy) is 1. The van der Waals surface area contributed by atoms with E-state index in [-0.39, 0.29) is 0 Å². The van der Waals surface area contributed by atoms with Gasteiger partial charge >= 0.3 is 36.2 Å². The first-order valence-electron chi connectivity index (χ1n) is 6.60. The van der Waals surface area contributed by atoms with Gasteiger partial charge in [0.2, 0.25) is 0 Å². The zero-order valence-corrected chi connectivity index (χ0v) is 14.4. The molecular formula is C13H4Cl2F12O2. The number of alkyl halides is 12. The predicted molar refractivity (Wildman–Crippen MR) is 73.0 cm³/mol. The Balaban J connectivity index is 3.30. The van der Waals surface area contributed by atoms with Gasteiger partial charge < -0.3 is 4.74 Å². The molecule has 0 aliphatic carbocycles. The van der Waals surface area contributed by atoms with Gasteiger partial charge in [-0.3, -0.25) is 4.79 Å². The van der Waals surface area contributed by atoms with E-state index in [1.54, 1.807) is 0 Å². The first kappa shape index (κ1) is 25.5. The van der Waals surface area contributed by atoms with E-state index in [9.17, 15) is 57.5 Å². The summed E-state index contributed by atoms with van der Waals surface area (Å²) in [5, 5.41) is -2.12. The van der Waals surface area contributed by atoms with Crippen LogP contribution in [0.4, 0.5) is 52.7 Å². The molecule has 0 saturated carbocycles. The van der Waals surface area contributed by atoms with Crippen LogP contribution >= 0.6 is 23.2 Å². The van der Waals surface area contributed by atoms with Crippen LogP contribution in [0.2, 0.25) is 5.02 Å². The highest BCUT2D eigenvalue weighted by atomic mass is 35.5. The Morgan fingerprint density at radius 3 is 1.72 bits per heavy atom. The quantitative estimate of drug-likeness (QED) is 0.322. The maximum atomic E-state index is 13.6. The van der Waals surface area contributed by atoms with Gasteiger partial charge in [-0.2, -0.15) is 52.7 Å². The van der Waals surface area contributed by atoms with Gasteiger partial charge in [0.25, 0.3) is 5.24 Å². The minimum Gasteiger partial charge on any atom is -0.452 e. The molecule has 0 amide bonds. The van der Waals surface area contributed by atoms with E-state index < -0.39 is 57.8 Å². The Bertz CT molecular complexity index is 778. The second-order valence-corrected chi connectivity index (χ2v) is 5.95. The Labute approximate surface area is 162 Å². The average Bonchev–Trinajstić information content (AvgIpc) is 2.54. The summed E-state index contributed by atoms with van der Waals surface area (Å²) in [5.41, 5.74) is -0.437. The third kappa shape index (κ3) is 4.18. The fourth-order valence-corrected chi connectivity index (χ4v) is 1.97. The number of carbonyl (C=O) groups is 1. The standard InChI is InChI=1S/C13H4Cl2F12O2/c14-5-3-4(7(15)28)1-2-6(5)29-8(16)9(17,18)10(19,20)11(21,22)12(23,24)13(25,26)27/h1-3,8H. The molecular weight excluding hydrogens is 487 g/mol. The summed E-state index contributed by atoms with van der Waals surface area (Å²) in [6, 6.07) is 1.56. The second kappa shape index (κ2) is 7.60. The molecule has 0 N–H and O–H groups in total. The Kier molecular flexibility index (Phi) is 6.67. The van der Waals surface area contributed by atoms with Crippen molar-refractivity contribution in [1.29, 1.82) is 0 Å². The Hall–Kier alpha value is -1.57. The molecule has 1 atom stereocenters. The molecule has 0 saturated heterocycles. The van der Waals surface area contributed by atoms with Crippen LogP contribution in [0.3, 0.4) is 0 Å². The number of benzene rings is 1. The van der Waals surface area contributed by atoms with Crippen molar-refractivity contribution < 1.29 is 62.2 Å². The normalized spacial score (nSPS) is 15.2. The van der Waals surface area contributed by atoms with E-state index in [1.165, 1.54) is 0 Å². The van der Waals surface area contributed by atoms with Crippen LogP contribution in [0.15, 0.2) is 18.2 Å². The van der Waals surface area contributed by atoms with Crippen LogP contribution in [-0.4, -0.2) is 41.5 Å². The van der Waals surface area contributed by atoms with Crippen LogP contribution in [0.25, 0.3) is 0 Å². The highest BCUT2D eigenvalue weighted by Gasteiger charge is 2.88. The maximum Gasteiger partial charge on any atom is 0.460 e. The smallest absolute Gasteiger partial charge is 0.452 e. The SMILES string of the molecule is O=C(Cl)c1ccc(OC(F)C(F)(F)C(F)(F)C(F)(F)C(F)(F)C(F)(F)F)c(Cl)c1. The van der Waals surface area contributed by atoms with Crippen molar-refractivity contribution in [1.82, 2.24) is 0 Å². The Morgan fingerprint density at radius 2 is 1.34 bits per heavy atom. The van der Waals surface area contributed by atoms with Gasteiger partial charge in [0.15, 0.2) is 0 Å². The van der Waals surface area contributed by atoms with Gasteiger partial charge in [-0.25, -0.2) is 0 Å². The molecule has 2 nitrogen and oxygen atoms in total. The van der Waals surface area contributed by atoms with E-state index in [4.69, 9.17) is 23.2 Å². The molecule has 0 aliphatic heterocycles. The number of rotatable bonds is 7. The topological polar surface area (TPSA) is 26.3 Å². The fraction of sp³-hybridized carbons (Fsp3) is 0.462. The van der Waals surface area contributed by atoms with E-state index in [2.05, 4.69) is 4.74 Å². The zero-order chi connectivity index (χ0) is 23.2. The van der Waals surface area contributed by atoms with Crippen molar-refractivity contribution in [3.8, 4) is 5.75 Å². The molecule has 1 aromatic carbocycles. The van der Waals surface area contributed by atoms with Gasteiger partial charge in [-0.15, -0.1) is 0 Å². The van der Waals surface area contributed by atoms with Crippen molar-refractivity contribution in [2.45, 2.75) is 36.2 Å². The van der Waals surface area contributed by atoms with Crippen LogP contribution in [0.5, 0.6) is 5.75 Å². The molecule has 0 aromatic heterocycles.